The highest BCUT2D eigenvalue weighted by molar-refractivity contribution is 6.31. The number of likely N-dealkylation sites (tertiary alicyclic amines) is 1. The Kier molecular flexibility index (Phi) is 4.39. The van der Waals surface area contributed by atoms with Crippen molar-refractivity contribution in [1.29, 1.82) is 0 Å². The largest absolute Gasteiger partial charge is 0.326 e. The first-order valence-corrected chi connectivity index (χ1v) is 6.75. The lowest BCUT2D eigenvalue weighted by molar-refractivity contribution is -0.138. The zero-order valence-corrected chi connectivity index (χ0v) is 11.9. The number of nitrogens with zero attached hydrogens (tertiary/aromatic N) is 1. The summed E-state index contributed by atoms with van der Waals surface area (Å²) in [6, 6.07) is 5.25. The van der Waals surface area contributed by atoms with Gasteiger partial charge in [0.15, 0.2) is 0 Å². The molecule has 106 valence electrons. The molecule has 1 aliphatic heterocycles. The first kappa shape index (κ1) is 14.5. The molecule has 0 radical (unpaired) electrons. The van der Waals surface area contributed by atoms with Crippen LogP contribution in [0.3, 0.4) is 0 Å². The van der Waals surface area contributed by atoms with E-state index in [9.17, 15) is 14.4 Å². The molecule has 6 heteroatoms. The van der Waals surface area contributed by atoms with Crippen molar-refractivity contribution in [2.75, 3.05) is 11.9 Å². The second-order valence-corrected chi connectivity index (χ2v) is 5.06. The van der Waals surface area contributed by atoms with Crippen molar-refractivity contribution in [2.24, 2.45) is 0 Å². The minimum Gasteiger partial charge on any atom is -0.326 e. The maximum Gasteiger partial charge on any atom is 0.229 e. The van der Waals surface area contributed by atoms with Gasteiger partial charge in [-0.25, -0.2) is 0 Å². The Labute approximate surface area is 121 Å². The number of nitrogens with one attached hydrogen (secondary N) is 1. The molecule has 20 heavy (non-hydrogen) atoms. The van der Waals surface area contributed by atoms with Gasteiger partial charge in [-0.15, -0.1) is 0 Å². The Hall–Kier alpha value is -1.88. The lowest BCUT2D eigenvalue weighted by Gasteiger charge is -2.14. The highest BCUT2D eigenvalue weighted by Gasteiger charge is 2.28. The van der Waals surface area contributed by atoms with Crippen LogP contribution >= 0.6 is 11.6 Å². The van der Waals surface area contributed by atoms with Crippen molar-refractivity contribution < 1.29 is 14.4 Å². The summed E-state index contributed by atoms with van der Waals surface area (Å²) in [5, 5.41) is 3.31. The van der Waals surface area contributed by atoms with Crippen molar-refractivity contribution in [3.63, 3.8) is 0 Å². The molecule has 1 saturated heterocycles. The molecule has 1 N–H and O–H groups in total. The molecule has 0 aliphatic carbocycles. The number of anilines is 1. The van der Waals surface area contributed by atoms with Crippen LogP contribution in [-0.4, -0.2) is 29.2 Å². The van der Waals surface area contributed by atoms with Gasteiger partial charge in [0, 0.05) is 36.5 Å². The molecule has 5 nitrogen and oxygen atoms in total. The summed E-state index contributed by atoms with van der Waals surface area (Å²) >= 11 is 5.97. The fraction of sp³-hybridized carbons (Fsp3) is 0.357. The zero-order chi connectivity index (χ0) is 14.7. The Balaban J connectivity index is 1.91. The lowest BCUT2D eigenvalue weighted by Crippen LogP contribution is -2.32. The average Bonchev–Trinajstić information content (AvgIpc) is 2.72. The van der Waals surface area contributed by atoms with Gasteiger partial charge < -0.3 is 5.32 Å². The van der Waals surface area contributed by atoms with Crippen molar-refractivity contribution in [3.8, 4) is 0 Å². The summed E-state index contributed by atoms with van der Waals surface area (Å²) in [7, 11) is 0. The summed E-state index contributed by atoms with van der Waals surface area (Å²) in [4.78, 5) is 35.8. The van der Waals surface area contributed by atoms with Crippen LogP contribution < -0.4 is 5.32 Å². The smallest absolute Gasteiger partial charge is 0.229 e. The number of carbonyl (C=O) groups is 3. The van der Waals surface area contributed by atoms with E-state index in [-0.39, 0.29) is 43.5 Å². The SMILES string of the molecule is Cc1c(Cl)cccc1NC(=O)CCN1C(=O)CCC1=O. The first-order valence-electron chi connectivity index (χ1n) is 6.37. The second kappa shape index (κ2) is 6.05. The minimum atomic E-state index is -0.247. The number of imide groups is 1. The highest BCUT2D eigenvalue weighted by Crippen LogP contribution is 2.23. The molecular weight excluding hydrogens is 280 g/mol. The fourth-order valence-electron chi connectivity index (χ4n) is 2.04. The van der Waals surface area contributed by atoms with Crippen LogP contribution in [-0.2, 0) is 14.4 Å². The number of carbonyl (C=O) groups excluding carboxylic acids is 3. The number of hydrogen-bond donors (Lipinski definition) is 1. The molecule has 0 spiro atoms. The maximum atomic E-state index is 11.8. The molecular formula is C14H15ClN2O3. The first-order chi connectivity index (χ1) is 9.49. The van der Waals surface area contributed by atoms with E-state index in [0.29, 0.717) is 10.7 Å². The third-order valence-electron chi connectivity index (χ3n) is 3.26. The topological polar surface area (TPSA) is 66.5 Å². The van der Waals surface area contributed by atoms with Crippen molar-refractivity contribution in [2.45, 2.75) is 26.2 Å². The Morgan fingerprint density at radius 2 is 1.95 bits per heavy atom. The summed E-state index contributed by atoms with van der Waals surface area (Å²) in [6.07, 6.45) is 0.575. The van der Waals surface area contributed by atoms with Crippen molar-refractivity contribution >= 4 is 35.0 Å². The summed E-state index contributed by atoms with van der Waals surface area (Å²) < 4.78 is 0. The average molecular weight is 295 g/mol. The molecule has 1 heterocycles. The maximum absolute atomic E-state index is 11.8. The molecule has 0 saturated carbocycles. The number of benzene rings is 1. The van der Waals surface area contributed by atoms with Gasteiger partial charge in [-0.05, 0) is 24.6 Å². The van der Waals surface area contributed by atoms with Crippen molar-refractivity contribution in [1.82, 2.24) is 4.90 Å². The van der Waals surface area contributed by atoms with Gasteiger partial charge >= 0.3 is 0 Å². The van der Waals surface area contributed by atoms with Crippen molar-refractivity contribution in [3.05, 3.63) is 28.8 Å². The quantitative estimate of drug-likeness (QED) is 0.865. The number of halogens is 1. The zero-order valence-electron chi connectivity index (χ0n) is 11.1. The van der Waals surface area contributed by atoms with Gasteiger partial charge in [-0.3, -0.25) is 19.3 Å². The van der Waals surface area contributed by atoms with Crippen LogP contribution in [0.25, 0.3) is 0 Å². The molecule has 3 amide bonds. The number of rotatable bonds is 4. The van der Waals surface area contributed by atoms with E-state index >= 15 is 0 Å². The third kappa shape index (κ3) is 3.17. The number of hydrogen-bond acceptors (Lipinski definition) is 3. The molecule has 0 unspecified atom stereocenters. The summed E-state index contributed by atoms with van der Waals surface area (Å²) in [6.45, 7) is 1.94. The van der Waals surface area contributed by atoms with Crippen LogP contribution in [0.1, 0.15) is 24.8 Å². The molecule has 0 atom stereocenters. The summed E-state index contributed by atoms with van der Waals surface area (Å²) in [5.41, 5.74) is 1.43. The molecule has 1 fully saturated rings. The predicted molar refractivity (Wildman–Crippen MR) is 75.4 cm³/mol. The molecule has 1 aliphatic rings. The van der Waals surface area contributed by atoms with Crippen LogP contribution in [0, 0.1) is 6.92 Å². The van der Waals surface area contributed by atoms with Gasteiger partial charge in [0.25, 0.3) is 0 Å². The van der Waals surface area contributed by atoms with Crippen LogP contribution in [0.5, 0.6) is 0 Å². The predicted octanol–water partition coefficient (Wildman–Crippen LogP) is 2.13. The highest BCUT2D eigenvalue weighted by atomic mass is 35.5. The monoisotopic (exact) mass is 294 g/mol. The summed E-state index contributed by atoms with van der Waals surface area (Å²) in [5.74, 6) is -0.661. The fourth-order valence-corrected chi connectivity index (χ4v) is 2.22. The van der Waals surface area contributed by atoms with E-state index in [0.717, 1.165) is 10.5 Å². The Morgan fingerprint density at radius 1 is 1.30 bits per heavy atom. The van der Waals surface area contributed by atoms with E-state index in [4.69, 9.17) is 11.6 Å². The standard InChI is InChI=1S/C14H15ClN2O3/c1-9-10(15)3-2-4-11(9)16-12(18)7-8-17-13(19)5-6-14(17)20/h2-4H,5-8H2,1H3,(H,16,18). The van der Waals surface area contributed by atoms with E-state index in [1.807, 2.05) is 6.92 Å². The minimum absolute atomic E-state index is 0.0867. The molecule has 2 rings (SSSR count). The Bertz CT molecular complexity index is 556. The molecule has 0 bridgehead atoms. The number of amides is 3. The van der Waals surface area contributed by atoms with Gasteiger partial charge in [0.05, 0.1) is 0 Å². The van der Waals surface area contributed by atoms with Crippen LogP contribution in [0.4, 0.5) is 5.69 Å². The van der Waals surface area contributed by atoms with E-state index in [1.165, 1.54) is 0 Å². The molecule has 1 aromatic rings. The van der Waals surface area contributed by atoms with Crippen LogP contribution in [0.2, 0.25) is 5.02 Å². The normalized spacial score (nSPS) is 14.8. The molecule has 0 aromatic heterocycles. The van der Waals surface area contributed by atoms with Gasteiger partial charge in [-0.1, -0.05) is 17.7 Å². The van der Waals surface area contributed by atoms with E-state index in [1.54, 1.807) is 18.2 Å². The lowest BCUT2D eigenvalue weighted by atomic mass is 10.2. The van der Waals surface area contributed by atoms with Gasteiger partial charge in [0.2, 0.25) is 17.7 Å². The van der Waals surface area contributed by atoms with Gasteiger partial charge in [0.1, 0.15) is 0 Å². The second-order valence-electron chi connectivity index (χ2n) is 4.65. The van der Waals surface area contributed by atoms with Gasteiger partial charge in [-0.2, -0.15) is 0 Å². The molecule has 1 aromatic carbocycles. The van der Waals surface area contributed by atoms with E-state index < -0.39 is 0 Å². The van der Waals surface area contributed by atoms with Crippen LogP contribution in [0.15, 0.2) is 18.2 Å². The Morgan fingerprint density at radius 3 is 2.60 bits per heavy atom. The third-order valence-corrected chi connectivity index (χ3v) is 3.67. The van der Waals surface area contributed by atoms with E-state index in [2.05, 4.69) is 5.32 Å².